The number of nitroso groups, excluding NO2 is 1. The molecule has 0 bridgehead atoms. The van der Waals surface area contributed by atoms with Crippen LogP contribution in [0.1, 0.15) is 25.7 Å². The van der Waals surface area contributed by atoms with Crippen LogP contribution in [0, 0.1) is 22.2 Å². The van der Waals surface area contributed by atoms with E-state index in [-0.39, 0.29) is 5.92 Å². The van der Waals surface area contributed by atoms with Gasteiger partial charge in [-0.15, -0.1) is 4.91 Å². The third-order valence-electron chi connectivity index (χ3n) is 2.50. The third-order valence-corrected chi connectivity index (χ3v) is 2.50. The molecule has 4 heteroatoms. The summed E-state index contributed by atoms with van der Waals surface area (Å²) < 4.78 is 5.03. The number of nitriles is 1. The van der Waals surface area contributed by atoms with Crippen molar-refractivity contribution in [1.82, 2.24) is 0 Å². The first kappa shape index (κ1) is 9.14. The minimum atomic E-state index is -0.840. The predicted molar refractivity (Wildman–Crippen MR) is 43.1 cm³/mol. The lowest BCUT2D eigenvalue weighted by atomic mass is 9.85. The lowest BCUT2D eigenvalue weighted by Crippen LogP contribution is -2.33. The molecule has 0 unspecified atom stereocenters. The Morgan fingerprint density at radius 1 is 1.58 bits per heavy atom. The minimum Gasteiger partial charge on any atom is -0.354 e. The van der Waals surface area contributed by atoms with E-state index in [0.717, 1.165) is 12.8 Å². The maximum Gasteiger partial charge on any atom is 0.199 e. The number of methoxy groups -OCH3 is 1. The molecule has 4 nitrogen and oxygen atoms in total. The van der Waals surface area contributed by atoms with Gasteiger partial charge < -0.3 is 4.74 Å². The van der Waals surface area contributed by atoms with Crippen molar-refractivity contribution < 1.29 is 4.74 Å². The minimum absolute atomic E-state index is 0.0787. The summed E-state index contributed by atoms with van der Waals surface area (Å²) in [5.41, 5.74) is -0.840. The molecule has 0 spiro atoms. The summed E-state index contributed by atoms with van der Waals surface area (Å²) in [7, 11) is 1.49. The van der Waals surface area contributed by atoms with Crippen molar-refractivity contribution in [2.24, 2.45) is 11.1 Å². The quantitative estimate of drug-likeness (QED) is 0.590. The summed E-state index contributed by atoms with van der Waals surface area (Å²) in [5.74, 6) is 0.0787. The summed E-state index contributed by atoms with van der Waals surface area (Å²) in [4.78, 5) is 10.5. The first-order valence-corrected chi connectivity index (χ1v) is 4.05. The van der Waals surface area contributed by atoms with Crippen molar-refractivity contribution in [3.8, 4) is 6.07 Å². The molecule has 0 aromatic carbocycles. The van der Waals surface area contributed by atoms with Crippen LogP contribution in [0.25, 0.3) is 0 Å². The zero-order chi connectivity index (χ0) is 9.03. The van der Waals surface area contributed by atoms with E-state index >= 15 is 0 Å². The van der Waals surface area contributed by atoms with Crippen LogP contribution in [-0.2, 0) is 4.74 Å². The van der Waals surface area contributed by atoms with E-state index in [2.05, 4.69) is 11.2 Å². The molecule has 0 heterocycles. The maximum absolute atomic E-state index is 10.5. The largest absolute Gasteiger partial charge is 0.354 e. The Labute approximate surface area is 71.5 Å². The van der Waals surface area contributed by atoms with E-state index in [1.54, 1.807) is 0 Å². The molecule has 0 saturated heterocycles. The number of rotatable bonds is 2. The van der Waals surface area contributed by atoms with Crippen molar-refractivity contribution in [3.05, 3.63) is 4.91 Å². The first-order valence-electron chi connectivity index (χ1n) is 4.05. The van der Waals surface area contributed by atoms with Crippen molar-refractivity contribution in [2.45, 2.75) is 31.4 Å². The average Bonchev–Trinajstić information content (AvgIpc) is 2.18. The Morgan fingerprint density at radius 2 is 2.17 bits per heavy atom. The molecule has 1 aliphatic carbocycles. The molecule has 1 aliphatic rings. The zero-order valence-corrected chi connectivity index (χ0v) is 7.12. The molecule has 12 heavy (non-hydrogen) atoms. The first-order chi connectivity index (χ1) is 5.76. The van der Waals surface area contributed by atoms with Crippen LogP contribution in [0.3, 0.4) is 0 Å². The smallest absolute Gasteiger partial charge is 0.199 e. The van der Waals surface area contributed by atoms with Gasteiger partial charge in [0.15, 0.2) is 5.72 Å². The summed E-state index contributed by atoms with van der Waals surface area (Å²) >= 11 is 0. The molecule has 0 radical (unpaired) electrons. The van der Waals surface area contributed by atoms with Gasteiger partial charge in [-0.3, -0.25) is 0 Å². The van der Waals surface area contributed by atoms with Crippen molar-refractivity contribution in [1.29, 1.82) is 5.26 Å². The molecule has 0 amide bonds. The SMILES string of the molecule is COC1(N=O)CCC(C#N)CC1. The third kappa shape index (κ3) is 1.62. The number of ether oxygens (including phenoxy) is 1. The summed E-state index contributed by atoms with van der Waals surface area (Å²) in [6.07, 6.45) is 2.59. The van der Waals surface area contributed by atoms with Crippen LogP contribution in [0.5, 0.6) is 0 Å². The molecular weight excluding hydrogens is 156 g/mol. The number of nitrogens with zero attached hydrogens (tertiary/aromatic N) is 2. The fourth-order valence-electron chi connectivity index (χ4n) is 1.53. The van der Waals surface area contributed by atoms with Gasteiger partial charge in [-0.2, -0.15) is 5.26 Å². The maximum atomic E-state index is 10.5. The molecule has 0 aliphatic heterocycles. The van der Waals surface area contributed by atoms with E-state index < -0.39 is 5.72 Å². The van der Waals surface area contributed by atoms with Gasteiger partial charge in [0.2, 0.25) is 0 Å². The van der Waals surface area contributed by atoms with E-state index in [4.69, 9.17) is 10.00 Å². The molecule has 1 rings (SSSR count). The van der Waals surface area contributed by atoms with Crippen LogP contribution in [0.15, 0.2) is 5.18 Å². The van der Waals surface area contributed by atoms with Gasteiger partial charge in [0.1, 0.15) is 0 Å². The highest BCUT2D eigenvalue weighted by atomic mass is 16.5. The Morgan fingerprint density at radius 3 is 2.50 bits per heavy atom. The topological polar surface area (TPSA) is 62.4 Å². The Balaban J connectivity index is 2.54. The molecule has 66 valence electrons. The molecule has 0 N–H and O–H groups in total. The van der Waals surface area contributed by atoms with Crippen LogP contribution in [0.2, 0.25) is 0 Å². The molecule has 1 saturated carbocycles. The van der Waals surface area contributed by atoms with Crippen LogP contribution < -0.4 is 0 Å². The molecule has 0 aromatic heterocycles. The molecular formula is C8H12N2O2. The Kier molecular flexibility index (Phi) is 2.77. The number of hydrogen-bond donors (Lipinski definition) is 0. The standard InChI is InChI=1S/C8H12N2O2/c1-12-8(10-11)4-2-7(6-9)3-5-8/h7H,2-5H2,1H3. The predicted octanol–water partition coefficient (Wildman–Crippen LogP) is 1.81. The summed E-state index contributed by atoms with van der Waals surface area (Å²) in [6.45, 7) is 0. The normalized spacial score (nSPS) is 35.5. The Bertz CT molecular complexity index is 202. The van der Waals surface area contributed by atoms with Crippen molar-refractivity contribution in [3.63, 3.8) is 0 Å². The van der Waals surface area contributed by atoms with Gasteiger partial charge in [0.25, 0.3) is 0 Å². The van der Waals surface area contributed by atoms with Gasteiger partial charge in [0.05, 0.1) is 6.07 Å². The van der Waals surface area contributed by atoms with Gasteiger partial charge in [-0.05, 0) is 18.0 Å². The lowest BCUT2D eigenvalue weighted by Gasteiger charge is -2.30. The fourth-order valence-corrected chi connectivity index (χ4v) is 1.53. The van der Waals surface area contributed by atoms with Crippen LogP contribution >= 0.6 is 0 Å². The highest BCUT2D eigenvalue weighted by Gasteiger charge is 2.36. The molecule has 1 fully saturated rings. The number of hydrogen-bond acceptors (Lipinski definition) is 4. The lowest BCUT2D eigenvalue weighted by molar-refractivity contribution is -0.0386. The zero-order valence-electron chi connectivity index (χ0n) is 7.12. The highest BCUT2D eigenvalue weighted by Crippen LogP contribution is 2.34. The van der Waals surface area contributed by atoms with Crippen LogP contribution in [0.4, 0.5) is 0 Å². The molecule has 0 atom stereocenters. The summed E-state index contributed by atoms with van der Waals surface area (Å²) in [5, 5.41) is 11.6. The van der Waals surface area contributed by atoms with Crippen molar-refractivity contribution in [2.75, 3.05) is 7.11 Å². The molecule has 0 aromatic rings. The van der Waals surface area contributed by atoms with E-state index in [9.17, 15) is 4.91 Å². The second-order valence-electron chi connectivity index (χ2n) is 3.14. The average molecular weight is 168 g/mol. The Hall–Kier alpha value is -0.950. The van der Waals surface area contributed by atoms with E-state index in [1.165, 1.54) is 7.11 Å². The van der Waals surface area contributed by atoms with Gasteiger partial charge in [0, 0.05) is 25.9 Å². The van der Waals surface area contributed by atoms with E-state index in [1.807, 2.05) is 0 Å². The summed E-state index contributed by atoms with van der Waals surface area (Å²) in [6, 6.07) is 2.19. The van der Waals surface area contributed by atoms with Gasteiger partial charge in [-0.25, -0.2) is 0 Å². The van der Waals surface area contributed by atoms with Crippen LogP contribution in [-0.4, -0.2) is 12.8 Å². The fraction of sp³-hybridized carbons (Fsp3) is 0.875. The second-order valence-corrected chi connectivity index (χ2v) is 3.14. The highest BCUT2D eigenvalue weighted by molar-refractivity contribution is 4.92. The second kappa shape index (κ2) is 3.63. The van der Waals surface area contributed by atoms with Gasteiger partial charge in [-0.1, -0.05) is 0 Å². The van der Waals surface area contributed by atoms with E-state index in [0.29, 0.717) is 12.8 Å². The van der Waals surface area contributed by atoms with Gasteiger partial charge >= 0.3 is 0 Å². The van der Waals surface area contributed by atoms with Crippen molar-refractivity contribution >= 4 is 0 Å². The monoisotopic (exact) mass is 168 g/mol.